The van der Waals surface area contributed by atoms with Gasteiger partial charge in [0.25, 0.3) is 0 Å². The van der Waals surface area contributed by atoms with Gasteiger partial charge in [-0.15, -0.1) is 0 Å². The quantitative estimate of drug-likeness (QED) is 0.700. The molecule has 0 aliphatic rings. The summed E-state index contributed by atoms with van der Waals surface area (Å²) in [5.74, 6) is -2.45. The van der Waals surface area contributed by atoms with Crippen LogP contribution in [0.3, 0.4) is 0 Å². The normalized spacial score (nSPS) is 11.6. The summed E-state index contributed by atoms with van der Waals surface area (Å²) in [6, 6.07) is 6.99. The third kappa shape index (κ3) is 4.34. The highest BCUT2D eigenvalue weighted by Gasteiger charge is 2.18. The molecule has 0 aliphatic carbocycles. The molecule has 0 fully saturated rings. The van der Waals surface area contributed by atoms with Crippen LogP contribution in [0, 0.1) is 0 Å². The molecular formula is C12H13NO5. The number of hydrogen-bond donors (Lipinski definition) is 2. The number of carbonyl (C=O) groups excluding carboxylic acids is 2. The Morgan fingerprint density at radius 3 is 2.39 bits per heavy atom. The summed E-state index contributed by atoms with van der Waals surface area (Å²) < 4.78 is 4.73. The van der Waals surface area contributed by atoms with Crippen molar-refractivity contribution in [2.24, 2.45) is 5.73 Å². The van der Waals surface area contributed by atoms with E-state index >= 15 is 0 Å². The van der Waals surface area contributed by atoms with Gasteiger partial charge in [0.15, 0.2) is 12.4 Å². The number of carboxylic acid groups (broad SMARTS) is 1. The fraction of sp³-hybridized carbons (Fsp3) is 0.250. The van der Waals surface area contributed by atoms with Gasteiger partial charge < -0.3 is 15.6 Å². The van der Waals surface area contributed by atoms with Gasteiger partial charge in [-0.05, 0) is 12.1 Å². The van der Waals surface area contributed by atoms with Crippen molar-refractivity contribution in [1.82, 2.24) is 0 Å². The molecule has 0 aromatic heterocycles. The van der Waals surface area contributed by atoms with Crippen LogP contribution in [-0.2, 0) is 14.3 Å². The van der Waals surface area contributed by atoms with Gasteiger partial charge in [-0.3, -0.25) is 9.59 Å². The zero-order chi connectivity index (χ0) is 13.5. The zero-order valence-electron chi connectivity index (χ0n) is 9.54. The van der Waals surface area contributed by atoms with E-state index in [0.717, 1.165) is 0 Å². The average Bonchev–Trinajstić information content (AvgIpc) is 2.35. The van der Waals surface area contributed by atoms with Gasteiger partial charge in [0, 0.05) is 0 Å². The lowest BCUT2D eigenvalue weighted by molar-refractivity contribution is -0.139. The first-order valence-corrected chi connectivity index (χ1v) is 5.23. The molecule has 96 valence electrons. The highest BCUT2D eigenvalue weighted by molar-refractivity contribution is 5.93. The first kappa shape index (κ1) is 13.9. The van der Waals surface area contributed by atoms with Gasteiger partial charge in [-0.25, -0.2) is 4.79 Å². The van der Waals surface area contributed by atoms with E-state index in [9.17, 15) is 14.4 Å². The molecular weight excluding hydrogens is 238 g/mol. The molecule has 3 N–H and O–H groups in total. The van der Waals surface area contributed by atoms with Gasteiger partial charge in [0.05, 0.1) is 18.0 Å². The Bertz CT molecular complexity index is 443. The number of carbonyl (C=O) groups is 3. The molecule has 0 bridgehead atoms. The van der Waals surface area contributed by atoms with Crippen LogP contribution in [0.2, 0.25) is 0 Å². The van der Waals surface area contributed by atoms with E-state index in [1.54, 1.807) is 30.3 Å². The number of carboxylic acids is 1. The number of nitrogens with two attached hydrogens (primary N) is 1. The Morgan fingerprint density at radius 2 is 1.83 bits per heavy atom. The van der Waals surface area contributed by atoms with Crippen LogP contribution in [0.1, 0.15) is 16.8 Å². The van der Waals surface area contributed by atoms with E-state index in [4.69, 9.17) is 15.6 Å². The second-order valence-electron chi connectivity index (χ2n) is 3.61. The van der Waals surface area contributed by atoms with Crippen molar-refractivity contribution in [3.63, 3.8) is 0 Å². The molecule has 0 amide bonds. The highest BCUT2D eigenvalue weighted by atomic mass is 16.5. The number of esters is 1. The predicted octanol–water partition coefficient (Wildman–Crippen LogP) is 0.215. The minimum Gasteiger partial charge on any atom is -0.481 e. The molecule has 1 atom stereocenters. The smallest absolute Gasteiger partial charge is 0.338 e. The first-order chi connectivity index (χ1) is 8.50. The van der Waals surface area contributed by atoms with E-state index in [0.29, 0.717) is 5.56 Å². The van der Waals surface area contributed by atoms with Gasteiger partial charge in [0.2, 0.25) is 0 Å². The van der Waals surface area contributed by atoms with E-state index in [2.05, 4.69) is 0 Å². The molecule has 18 heavy (non-hydrogen) atoms. The van der Waals surface area contributed by atoms with Crippen LogP contribution < -0.4 is 5.73 Å². The van der Waals surface area contributed by atoms with Crippen molar-refractivity contribution in [1.29, 1.82) is 0 Å². The number of ketones is 1. The third-order valence-electron chi connectivity index (χ3n) is 2.16. The van der Waals surface area contributed by atoms with Crippen LogP contribution in [0.4, 0.5) is 0 Å². The third-order valence-corrected chi connectivity index (χ3v) is 2.16. The van der Waals surface area contributed by atoms with Crippen LogP contribution >= 0.6 is 0 Å². The van der Waals surface area contributed by atoms with Gasteiger partial charge >= 0.3 is 11.9 Å². The molecule has 0 aliphatic heterocycles. The van der Waals surface area contributed by atoms with Crippen molar-refractivity contribution in [2.75, 3.05) is 6.61 Å². The van der Waals surface area contributed by atoms with Crippen LogP contribution in [0.5, 0.6) is 0 Å². The second-order valence-corrected chi connectivity index (χ2v) is 3.61. The van der Waals surface area contributed by atoms with Gasteiger partial charge in [-0.1, -0.05) is 18.2 Å². The number of Topliss-reactive ketones (excluding diaryl/α,β-unsaturated/α-hetero) is 1. The molecule has 6 nitrogen and oxygen atoms in total. The molecule has 0 heterocycles. The summed E-state index contributed by atoms with van der Waals surface area (Å²) in [4.78, 5) is 33.1. The van der Waals surface area contributed by atoms with Gasteiger partial charge in [-0.2, -0.15) is 0 Å². The molecule has 1 aromatic rings. The zero-order valence-corrected chi connectivity index (χ0v) is 9.54. The highest BCUT2D eigenvalue weighted by Crippen LogP contribution is 2.01. The number of aliphatic carboxylic acids is 1. The summed E-state index contributed by atoms with van der Waals surface area (Å²) in [6.45, 7) is -0.526. The number of benzene rings is 1. The van der Waals surface area contributed by atoms with Crippen molar-refractivity contribution in [2.45, 2.75) is 12.5 Å². The van der Waals surface area contributed by atoms with Crippen molar-refractivity contribution < 1.29 is 24.2 Å². The molecule has 0 unspecified atom stereocenters. The topological polar surface area (TPSA) is 107 Å². The Labute approximate surface area is 103 Å². The maximum absolute atomic E-state index is 11.5. The summed E-state index contributed by atoms with van der Waals surface area (Å²) >= 11 is 0. The number of hydrogen-bond acceptors (Lipinski definition) is 5. The lowest BCUT2D eigenvalue weighted by Gasteiger charge is -2.08. The molecule has 1 rings (SSSR count). The maximum atomic E-state index is 11.5. The molecule has 0 saturated heterocycles. The largest absolute Gasteiger partial charge is 0.481 e. The van der Waals surface area contributed by atoms with E-state index < -0.39 is 36.8 Å². The first-order valence-electron chi connectivity index (χ1n) is 5.23. The minimum atomic E-state index is -1.18. The van der Waals surface area contributed by atoms with E-state index in [-0.39, 0.29) is 0 Å². The number of ether oxygens (including phenoxy) is 1. The Balaban J connectivity index is 2.44. The van der Waals surface area contributed by atoms with Gasteiger partial charge in [0.1, 0.15) is 0 Å². The predicted molar refractivity (Wildman–Crippen MR) is 62.0 cm³/mol. The number of rotatable bonds is 6. The fourth-order valence-electron chi connectivity index (χ4n) is 1.20. The lowest BCUT2D eigenvalue weighted by Crippen LogP contribution is -2.36. The molecule has 0 spiro atoms. The van der Waals surface area contributed by atoms with Crippen molar-refractivity contribution in [3.8, 4) is 0 Å². The molecule has 0 saturated carbocycles. The molecule has 0 radical (unpaired) electrons. The monoisotopic (exact) mass is 251 g/mol. The minimum absolute atomic E-state index is 0.317. The second kappa shape index (κ2) is 6.51. The van der Waals surface area contributed by atoms with Crippen LogP contribution in [0.25, 0.3) is 0 Å². The van der Waals surface area contributed by atoms with E-state index in [1.165, 1.54) is 0 Å². The molecule has 6 heteroatoms. The summed E-state index contributed by atoms with van der Waals surface area (Å²) in [7, 11) is 0. The lowest BCUT2D eigenvalue weighted by atomic mass is 10.1. The SMILES string of the molecule is N[C@@H](CC(=O)O)C(=O)COC(=O)c1ccccc1. The van der Waals surface area contributed by atoms with Crippen LogP contribution in [-0.4, -0.2) is 35.5 Å². The summed E-state index contributed by atoms with van der Waals surface area (Å²) in [5, 5.41) is 8.45. The van der Waals surface area contributed by atoms with Crippen molar-refractivity contribution in [3.05, 3.63) is 35.9 Å². The fourth-order valence-corrected chi connectivity index (χ4v) is 1.20. The van der Waals surface area contributed by atoms with Crippen molar-refractivity contribution >= 4 is 17.7 Å². The Hall–Kier alpha value is -2.21. The van der Waals surface area contributed by atoms with Crippen LogP contribution in [0.15, 0.2) is 30.3 Å². The Morgan fingerprint density at radius 1 is 1.22 bits per heavy atom. The summed E-state index contributed by atoms with van der Waals surface area (Å²) in [5.41, 5.74) is 5.64. The maximum Gasteiger partial charge on any atom is 0.338 e. The Kier molecular flexibility index (Phi) is 5.01. The summed E-state index contributed by atoms with van der Waals surface area (Å²) in [6.07, 6.45) is -0.484. The van der Waals surface area contributed by atoms with E-state index in [1.807, 2.05) is 0 Å². The average molecular weight is 251 g/mol. The molecule has 1 aromatic carbocycles. The standard InChI is InChI=1S/C12H13NO5/c13-9(6-11(15)16)10(14)7-18-12(17)8-4-2-1-3-5-8/h1-5,9H,6-7,13H2,(H,15,16)/t9-/m0/s1.